The molecule has 0 aliphatic carbocycles. The van der Waals surface area contributed by atoms with Gasteiger partial charge in [-0.25, -0.2) is 4.79 Å². The molecule has 20 heavy (non-hydrogen) atoms. The lowest BCUT2D eigenvalue weighted by molar-refractivity contribution is -0.138. The molecule has 1 atom stereocenters. The Balaban J connectivity index is 2.37. The molecule has 1 unspecified atom stereocenters. The summed E-state index contributed by atoms with van der Waals surface area (Å²) in [6.45, 7) is 0.343. The van der Waals surface area contributed by atoms with Gasteiger partial charge in [0.25, 0.3) is 0 Å². The Hall–Kier alpha value is -1.12. The summed E-state index contributed by atoms with van der Waals surface area (Å²) in [5, 5.41) is 11.2. The zero-order valence-corrected chi connectivity index (χ0v) is 11.6. The summed E-state index contributed by atoms with van der Waals surface area (Å²) in [5.41, 5.74) is 0. The van der Waals surface area contributed by atoms with Gasteiger partial charge >= 0.3 is 18.2 Å². The van der Waals surface area contributed by atoms with E-state index >= 15 is 0 Å². The molecule has 0 saturated carbocycles. The van der Waals surface area contributed by atoms with Crippen LogP contribution < -0.4 is 5.32 Å². The molecule has 1 aliphatic heterocycles. The molecule has 0 bridgehead atoms. The van der Waals surface area contributed by atoms with Crippen molar-refractivity contribution < 1.29 is 27.9 Å². The second-order valence-corrected chi connectivity index (χ2v) is 5.62. The molecule has 0 aromatic carbocycles. The second-order valence-electron chi connectivity index (χ2n) is 4.47. The van der Waals surface area contributed by atoms with Gasteiger partial charge in [-0.2, -0.15) is 24.9 Å². The van der Waals surface area contributed by atoms with Crippen molar-refractivity contribution in [3.05, 3.63) is 0 Å². The molecular weight excluding hydrogens is 297 g/mol. The summed E-state index contributed by atoms with van der Waals surface area (Å²) < 4.78 is 35.8. The standard InChI is InChI=1S/C11H17F3N2O3S/c12-11(13,14)2-1-3-15-10(19)16-4-5-20-7-8(16)6-9(17)18/h8H,1-7H2,(H,15,19)(H,17,18). The predicted molar refractivity (Wildman–Crippen MR) is 68.8 cm³/mol. The van der Waals surface area contributed by atoms with Crippen molar-refractivity contribution in [1.82, 2.24) is 10.2 Å². The Morgan fingerprint density at radius 3 is 2.70 bits per heavy atom. The van der Waals surface area contributed by atoms with Gasteiger partial charge in [0, 0.05) is 31.0 Å². The first-order valence-electron chi connectivity index (χ1n) is 6.20. The molecule has 1 aliphatic rings. The van der Waals surface area contributed by atoms with Crippen LogP contribution in [0.2, 0.25) is 0 Å². The van der Waals surface area contributed by atoms with Crippen molar-refractivity contribution in [2.75, 3.05) is 24.6 Å². The van der Waals surface area contributed by atoms with Crippen molar-refractivity contribution in [2.45, 2.75) is 31.5 Å². The van der Waals surface area contributed by atoms with Crippen LogP contribution in [-0.4, -0.2) is 58.8 Å². The molecule has 5 nitrogen and oxygen atoms in total. The number of rotatable bonds is 5. The van der Waals surface area contributed by atoms with Gasteiger partial charge in [-0.3, -0.25) is 4.79 Å². The number of aliphatic carboxylic acids is 1. The Kier molecular flexibility index (Phi) is 6.44. The van der Waals surface area contributed by atoms with Gasteiger partial charge in [-0.05, 0) is 6.42 Å². The van der Waals surface area contributed by atoms with Gasteiger partial charge < -0.3 is 15.3 Å². The van der Waals surface area contributed by atoms with E-state index in [0.29, 0.717) is 18.1 Å². The minimum atomic E-state index is -4.22. The van der Waals surface area contributed by atoms with Gasteiger partial charge in [-0.1, -0.05) is 0 Å². The molecule has 116 valence electrons. The lowest BCUT2D eigenvalue weighted by Gasteiger charge is -2.34. The van der Waals surface area contributed by atoms with Crippen LogP contribution in [0, 0.1) is 0 Å². The smallest absolute Gasteiger partial charge is 0.389 e. The van der Waals surface area contributed by atoms with E-state index in [1.54, 1.807) is 11.8 Å². The summed E-state index contributed by atoms with van der Waals surface area (Å²) >= 11 is 1.56. The van der Waals surface area contributed by atoms with Crippen molar-refractivity contribution in [1.29, 1.82) is 0 Å². The zero-order chi connectivity index (χ0) is 15.2. The number of carbonyl (C=O) groups is 2. The van der Waals surface area contributed by atoms with Crippen LogP contribution in [0.4, 0.5) is 18.0 Å². The Morgan fingerprint density at radius 1 is 1.40 bits per heavy atom. The number of amides is 2. The Labute approximate surface area is 118 Å². The van der Waals surface area contributed by atoms with Crippen molar-refractivity contribution >= 4 is 23.8 Å². The average Bonchev–Trinajstić information content (AvgIpc) is 2.33. The number of hydrogen-bond donors (Lipinski definition) is 2. The maximum atomic E-state index is 11.9. The highest BCUT2D eigenvalue weighted by Crippen LogP contribution is 2.21. The van der Waals surface area contributed by atoms with Crippen LogP contribution >= 0.6 is 11.8 Å². The number of urea groups is 1. The molecule has 0 spiro atoms. The lowest BCUT2D eigenvalue weighted by atomic mass is 10.2. The van der Waals surface area contributed by atoms with Gasteiger partial charge in [0.15, 0.2) is 0 Å². The van der Waals surface area contributed by atoms with Gasteiger partial charge in [0.1, 0.15) is 0 Å². The largest absolute Gasteiger partial charge is 0.481 e. The minimum Gasteiger partial charge on any atom is -0.481 e. The number of carboxylic acid groups (broad SMARTS) is 1. The van der Waals surface area contributed by atoms with Crippen LogP contribution in [0.15, 0.2) is 0 Å². The van der Waals surface area contributed by atoms with E-state index in [9.17, 15) is 22.8 Å². The van der Waals surface area contributed by atoms with Gasteiger partial charge in [0.05, 0.1) is 12.5 Å². The second kappa shape index (κ2) is 7.61. The number of hydrogen-bond acceptors (Lipinski definition) is 3. The summed E-state index contributed by atoms with van der Waals surface area (Å²) in [6, 6.07) is -0.896. The molecule has 0 aromatic heterocycles. The number of carboxylic acids is 1. The van der Waals surface area contributed by atoms with E-state index in [4.69, 9.17) is 5.11 Å². The maximum absolute atomic E-state index is 11.9. The minimum absolute atomic E-state index is 0.0677. The van der Waals surface area contributed by atoms with E-state index < -0.39 is 30.6 Å². The number of carbonyl (C=O) groups excluding carboxylic acids is 1. The van der Waals surface area contributed by atoms with Crippen LogP contribution in [0.5, 0.6) is 0 Å². The van der Waals surface area contributed by atoms with Crippen molar-refractivity contribution in [3.8, 4) is 0 Å². The highest BCUT2D eigenvalue weighted by molar-refractivity contribution is 7.99. The van der Waals surface area contributed by atoms with E-state index in [1.807, 2.05) is 0 Å². The third-order valence-corrected chi connectivity index (χ3v) is 3.90. The molecule has 2 amide bonds. The van der Waals surface area contributed by atoms with Crippen molar-refractivity contribution in [3.63, 3.8) is 0 Å². The number of thioether (sulfide) groups is 1. The first-order valence-corrected chi connectivity index (χ1v) is 7.36. The fourth-order valence-corrected chi connectivity index (χ4v) is 2.94. The summed E-state index contributed by atoms with van der Waals surface area (Å²) in [6.07, 6.45) is -5.50. The molecule has 0 radical (unpaired) electrons. The van der Waals surface area contributed by atoms with E-state index in [-0.39, 0.29) is 19.4 Å². The molecule has 1 rings (SSSR count). The van der Waals surface area contributed by atoms with Crippen LogP contribution in [0.3, 0.4) is 0 Å². The number of nitrogens with zero attached hydrogens (tertiary/aromatic N) is 1. The molecule has 1 saturated heterocycles. The molecule has 2 N–H and O–H groups in total. The van der Waals surface area contributed by atoms with E-state index in [2.05, 4.69) is 5.32 Å². The monoisotopic (exact) mass is 314 g/mol. The SMILES string of the molecule is O=C(O)CC1CSCCN1C(=O)NCCCC(F)(F)F. The van der Waals surface area contributed by atoms with Gasteiger partial charge in [-0.15, -0.1) is 0 Å². The van der Waals surface area contributed by atoms with E-state index in [0.717, 1.165) is 0 Å². The van der Waals surface area contributed by atoms with Crippen LogP contribution in [0.25, 0.3) is 0 Å². The first-order chi connectivity index (χ1) is 9.29. The quantitative estimate of drug-likeness (QED) is 0.761. The molecular formula is C11H17F3N2O3S. The van der Waals surface area contributed by atoms with Gasteiger partial charge in [0.2, 0.25) is 0 Å². The Bertz CT molecular complexity index is 352. The Morgan fingerprint density at radius 2 is 2.10 bits per heavy atom. The highest BCUT2D eigenvalue weighted by Gasteiger charge is 2.29. The topological polar surface area (TPSA) is 69.6 Å². The first kappa shape index (κ1) is 16.9. The number of nitrogens with one attached hydrogen (secondary N) is 1. The molecule has 1 heterocycles. The predicted octanol–water partition coefficient (Wildman–Crippen LogP) is 1.93. The zero-order valence-electron chi connectivity index (χ0n) is 10.8. The third-order valence-electron chi connectivity index (χ3n) is 2.81. The molecule has 0 aromatic rings. The summed E-state index contributed by atoms with van der Waals surface area (Å²) in [4.78, 5) is 24.0. The van der Waals surface area contributed by atoms with Crippen LogP contribution in [0.1, 0.15) is 19.3 Å². The summed E-state index contributed by atoms with van der Waals surface area (Å²) in [5.74, 6) is 0.237. The fraction of sp³-hybridized carbons (Fsp3) is 0.818. The fourth-order valence-electron chi connectivity index (χ4n) is 1.88. The highest BCUT2D eigenvalue weighted by atomic mass is 32.2. The molecule has 1 fully saturated rings. The van der Waals surface area contributed by atoms with Crippen LogP contribution in [-0.2, 0) is 4.79 Å². The number of halogens is 3. The average molecular weight is 314 g/mol. The maximum Gasteiger partial charge on any atom is 0.389 e. The number of alkyl halides is 3. The van der Waals surface area contributed by atoms with Crippen molar-refractivity contribution in [2.24, 2.45) is 0 Å². The molecule has 9 heteroatoms. The normalized spacial score (nSPS) is 19.8. The van der Waals surface area contributed by atoms with E-state index in [1.165, 1.54) is 4.90 Å². The third kappa shape index (κ3) is 6.36. The summed E-state index contributed by atoms with van der Waals surface area (Å²) in [7, 11) is 0. The lowest BCUT2D eigenvalue weighted by Crippen LogP contribution is -2.51.